The van der Waals surface area contributed by atoms with Crippen LogP contribution in [0.1, 0.15) is 30.5 Å². The van der Waals surface area contributed by atoms with E-state index in [4.69, 9.17) is 0 Å². The molecule has 4 heteroatoms. The molecule has 0 unspecified atom stereocenters. The zero-order valence-corrected chi connectivity index (χ0v) is 12.3. The lowest BCUT2D eigenvalue weighted by Crippen LogP contribution is -2.29. The minimum atomic E-state index is -0.143. The molecule has 0 saturated carbocycles. The van der Waals surface area contributed by atoms with Crippen molar-refractivity contribution >= 4 is 16.8 Å². The number of hydrogen-bond donors (Lipinski definition) is 2. The molecule has 0 bridgehead atoms. The van der Waals surface area contributed by atoms with E-state index in [0.29, 0.717) is 5.56 Å². The quantitative estimate of drug-likeness (QED) is 0.901. The first-order valence-corrected chi connectivity index (χ1v) is 6.80. The van der Waals surface area contributed by atoms with Gasteiger partial charge in [0.15, 0.2) is 0 Å². The lowest BCUT2D eigenvalue weighted by Gasteiger charge is -2.10. The minimum Gasteiger partial charge on any atom is -0.352 e. The third-order valence-electron chi connectivity index (χ3n) is 3.61. The number of hydrogen-bond acceptors (Lipinski definition) is 2. The number of aromatic amines is 1. The van der Waals surface area contributed by atoms with Gasteiger partial charge in [0.25, 0.3) is 5.56 Å². The van der Waals surface area contributed by atoms with Crippen molar-refractivity contribution in [3.05, 3.63) is 45.2 Å². The van der Waals surface area contributed by atoms with Crippen molar-refractivity contribution in [2.24, 2.45) is 5.92 Å². The van der Waals surface area contributed by atoms with Crippen molar-refractivity contribution in [2.45, 2.75) is 34.2 Å². The Labute approximate surface area is 118 Å². The Bertz CT molecular complexity index is 714. The molecule has 2 rings (SSSR count). The van der Waals surface area contributed by atoms with Gasteiger partial charge in [0.2, 0.25) is 5.91 Å². The van der Waals surface area contributed by atoms with Gasteiger partial charge in [-0.3, -0.25) is 9.59 Å². The molecule has 2 aromatic rings. The Hall–Kier alpha value is -2.10. The lowest BCUT2D eigenvalue weighted by molar-refractivity contribution is -0.124. The van der Waals surface area contributed by atoms with Crippen LogP contribution in [0.3, 0.4) is 0 Å². The van der Waals surface area contributed by atoms with Crippen molar-refractivity contribution in [3.63, 3.8) is 0 Å². The fourth-order valence-electron chi connectivity index (χ4n) is 2.09. The van der Waals surface area contributed by atoms with Gasteiger partial charge in [-0.2, -0.15) is 0 Å². The highest BCUT2D eigenvalue weighted by atomic mass is 16.2. The normalized spacial score (nSPS) is 11.1. The summed E-state index contributed by atoms with van der Waals surface area (Å²) in [6.45, 7) is 7.92. The van der Waals surface area contributed by atoms with Crippen LogP contribution in [0.25, 0.3) is 10.9 Å². The average Bonchev–Trinajstić information content (AvgIpc) is 2.41. The summed E-state index contributed by atoms with van der Waals surface area (Å²) in [5.74, 6) is -0.135. The van der Waals surface area contributed by atoms with Crippen LogP contribution in [-0.4, -0.2) is 10.9 Å². The number of aromatic nitrogens is 1. The van der Waals surface area contributed by atoms with Crippen LogP contribution >= 0.6 is 0 Å². The topological polar surface area (TPSA) is 62.0 Å². The van der Waals surface area contributed by atoms with Gasteiger partial charge in [0.1, 0.15) is 0 Å². The molecule has 1 heterocycles. The zero-order chi connectivity index (χ0) is 14.9. The van der Waals surface area contributed by atoms with E-state index in [1.807, 2.05) is 45.9 Å². The number of carbonyl (C=O) groups excluding carboxylic acids is 1. The van der Waals surface area contributed by atoms with E-state index in [1.54, 1.807) is 0 Å². The molecule has 0 fully saturated rings. The highest BCUT2D eigenvalue weighted by Gasteiger charge is 2.09. The number of H-pyrrole nitrogens is 1. The maximum Gasteiger partial charge on any atom is 0.253 e. The summed E-state index contributed by atoms with van der Waals surface area (Å²) >= 11 is 0. The molecule has 0 saturated heterocycles. The summed E-state index contributed by atoms with van der Waals surface area (Å²) in [6.07, 6.45) is 0. The Morgan fingerprint density at radius 2 is 2.00 bits per heavy atom. The Morgan fingerprint density at radius 3 is 2.65 bits per heavy atom. The van der Waals surface area contributed by atoms with Crippen LogP contribution in [0.4, 0.5) is 0 Å². The molecule has 4 nitrogen and oxygen atoms in total. The van der Waals surface area contributed by atoms with E-state index in [2.05, 4.69) is 10.3 Å². The van der Waals surface area contributed by atoms with Gasteiger partial charge in [-0.05, 0) is 36.4 Å². The Kier molecular flexibility index (Phi) is 3.93. The first-order chi connectivity index (χ1) is 9.40. The molecule has 0 spiro atoms. The summed E-state index contributed by atoms with van der Waals surface area (Å²) in [5, 5.41) is 3.76. The smallest absolute Gasteiger partial charge is 0.253 e. The molecule has 0 radical (unpaired) electrons. The number of pyridine rings is 1. The summed E-state index contributed by atoms with van der Waals surface area (Å²) < 4.78 is 0. The molecular weight excluding hydrogens is 252 g/mol. The van der Waals surface area contributed by atoms with Gasteiger partial charge >= 0.3 is 0 Å². The van der Waals surface area contributed by atoms with E-state index in [9.17, 15) is 9.59 Å². The van der Waals surface area contributed by atoms with E-state index >= 15 is 0 Å². The van der Waals surface area contributed by atoms with Crippen molar-refractivity contribution < 1.29 is 4.79 Å². The summed E-state index contributed by atoms with van der Waals surface area (Å²) in [4.78, 5) is 26.6. The molecule has 1 aromatic heterocycles. The molecule has 106 valence electrons. The Balaban J connectivity index is 2.37. The molecule has 0 aliphatic heterocycles. The minimum absolute atomic E-state index is 0.0513. The van der Waals surface area contributed by atoms with Crippen LogP contribution in [0.2, 0.25) is 0 Å². The molecule has 1 aromatic carbocycles. The number of carbonyl (C=O) groups is 1. The highest BCUT2D eigenvalue weighted by molar-refractivity contribution is 5.83. The third kappa shape index (κ3) is 2.74. The Morgan fingerprint density at radius 1 is 1.30 bits per heavy atom. The molecule has 1 amide bonds. The van der Waals surface area contributed by atoms with Crippen molar-refractivity contribution in [2.75, 3.05) is 0 Å². The molecule has 0 aliphatic carbocycles. The van der Waals surface area contributed by atoms with Gasteiger partial charge in [-0.1, -0.05) is 26.0 Å². The largest absolute Gasteiger partial charge is 0.352 e. The van der Waals surface area contributed by atoms with E-state index in [0.717, 1.165) is 22.0 Å². The number of aryl methyl sites for hydroxylation is 2. The molecule has 0 atom stereocenters. The summed E-state index contributed by atoms with van der Waals surface area (Å²) in [7, 11) is 0. The number of amides is 1. The number of benzene rings is 1. The first kappa shape index (κ1) is 14.3. The molecule has 20 heavy (non-hydrogen) atoms. The summed E-state index contributed by atoms with van der Waals surface area (Å²) in [5.41, 5.74) is 3.53. The van der Waals surface area contributed by atoms with Crippen molar-refractivity contribution in [1.82, 2.24) is 10.3 Å². The number of rotatable bonds is 3. The van der Waals surface area contributed by atoms with E-state index in [-0.39, 0.29) is 23.9 Å². The second-order valence-corrected chi connectivity index (χ2v) is 5.47. The number of nitrogens with one attached hydrogen (secondary N) is 2. The maximum atomic E-state index is 12.1. The third-order valence-corrected chi connectivity index (χ3v) is 3.61. The van der Waals surface area contributed by atoms with Gasteiger partial charge < -0.3 is 10.3 Å². The van der Waals surface area contributed by atoms with Crippen LogP contribution < -0.4 is 10.9 Å². The number of fused-ring (bicyclic) bond motifs is 1. The van der Waals surface area contributed by atoms with Gasteiger partial charge in [0.05, 0.1) is 5.52 Å². The predicted octanol–water partition coefficient (Wildman–Crippen LogP) is 2.42. The van der Waals surface area contributed by atoms with Gasteiger partial charge in [0, 0.05) is 18.0 Å². The van der Waals surface area contributed by atoms with Crippen LogP contribution in [0.5, 0.6) is 0 Å². The van der Waals surface area contributed by atoms with Crippen molar-refractivity contribution in [1.29, 1.82) is 0 Å². The van der Waals surface area contributed by atoms with E-state index in [1.165, 1.54) is 0 Å². The highest BCUT2D eigenvalue weighted by Crippen LogP contribution is 2.18. The second kappa shape index (κ2) is 5.49. The van der Waals surface area contributed by atoms with Crippen molar-refractivity contribution in [3.8, 4) is 0 Å². The fourth-order valence-corrected chi connectivity index (χ4v) is 2.09. The lowest BCUT2D eigenvalue weighted by atomic mass is 10.0. The molecule has 0 aliphatic rings. The van der Waals surface area contributed by atoms with E-state index < -0.39 is 0 Å². The van der Waals surface area contributed by atoms with Crippen LogP contribution in [-0.2, 0) is 11.3 Å². The van der Waals surface area contributed by atoms with Crippen LogP contribution in [0, 0.1) is 19.8 Å². The monoisotopic (exact) mass is 272 g/mol. The molecule has 2 N–H and O–H groups in total. The maximum absolute atomic E-state index is 12.1. The first-order valence-electron chi connectivity index (χ1n) is 6.80. The SMILES string of the molecule is Cc1ccc2cc(CNC(=O)C(C)C)c(=O)[nH]c2c1C. The van der Waals surface area contributed by atoms with Crippen LogP contribution in [0.15, 0.2) is 23.0 Å². The van der Waals surface area contributed by atoms with Gasteiger partial charge in [-0.15, -0.1) is 0 Å². The molecular formula is C16H20N2O2. The average molecular weight is 272 g/mol. The summed E-state index contributed by atoms with van der Waals surface area (Å²) in [6, 6.07) is 5.87. The fraction of sp³-hybridized carbons (Fsp3) is 0.375. The van der Waals surface area contributed by atoms with Gasteiger partial charge in [-0.25, -0.2) is 0 Å². The second-order valence-electron chi connectivity index (χ2n) is 5.47. The standard InChI is InChI=1S/C16H20N2O2/c1-9(2)15(19)17-8-13-7-12-6-5-10(3)11(4)14(12)18-16(13)20/h5-7,9H,8H2,1-4H3,(H,17,19)(H,18,20). The zero-order valence-electron chi connectivity index (χ0n) is 12.3. The predicted molar refractivity (Wildman–Crippen MR) is 80.7 cm³/mol.